The molecule has 0 heterocycles. The van der Waals surface area contributed by atoms with Crippen LogP contribution in [0.4, 0.5) is 0 Å². The third-order valence-corrected chi connectivity index (χ3v) is 4.56. The van der Waals surface area contributed by atoms with E-state index >= 15 is 0 Å². The summed E-state index contributed by atoms with van der Waals surface area (Å²) in [6, 6.07) is 8.04. The molecule has 1 aromatic carbocycles. The summed E-state index contributed by atoms with van der Waals surface area (Å²) in [7, 11) is -2.20. The van der Waals surface area contributed by atoms with Crippen molar-refractivity contribution in [2.75, 3.05) is 12.9 Å². The lowest BCUT2D eigenvalue weighted by atomic mass is 9.89. The van der Waals surface area contributed by atoms with Crippen LogP contribution in [-0.2, 0) is 16.5 Å². The van der Waals surface area contributed by atoms with E-state index in [4.69, 9.17) is 9.29 Å². The van der Waals surface area contributed by atoms with E-state index in [1.54, 1.807) is 7.11 Å². The molecule has 1 aromatic rings. The number of hydrogen-bond acceptors (Lipinski definition) is 3. The van der Waals surface area contributed by atoms with Gasteiger partial charge in [-0.15, -0.1) is 0 Å². The molecule has 0 saturated heterocycles. The molecule has 1 N–H and O–H groups in total. The maximum atomic E-state index is 10.8. The van der Waals surface area contributed by atoms with Crippen molar-refractivity contribution in [2.45, 2.75) is 46.5 Å². The van der Waals surface area contributed by atoms with Crippen molar-refractivity contribution in [1.29, 1.82) is 0 Å². The summed E-state index contributed by atoms with van der Waals surface area (Å²) in [5.41, 5.74) is 1.35. The molecule has 0 radical (unpaired) electrons. The van der Waals surface area contributed by atoms with E-state index in [1.165, 1.54) is 5.56 Å². The highest BCUT2D eigenvalue weighted by Crippen LogP contribution is 2.23. The number of hydrogen-bond donors (Lipinski definition) is 1. The molecule has 5 heteroatoms. The lowest BCUT2D eigenvalue weighted by Crippen LogP contribution is -2.07. The number of unbranched alkanes of at least 4 members (excludes halogenated alkanes) is 1. The predicted octanol–water partition coefficient (Wildman–Crippen LogP) is 4.51. The standard InChI is InChI=1S/C19H30O4S/c1-19(2,3)13-12-16(7-5-6-14-24(20,21)22)15-17-8-10-18(23-4)11-9-17/h8-13,16H,5-7,14-15H2,1-4H3,(H,20,21,22)/b13-12+/t16-/m0/s1. The maximum Gasteiger partial charge on any atom is 0.264 e. The molecule has 136 valence electrons. The van der Waals surface area contributed by atoms with Crippen LogP contribution in [-0.4, -0.2) is 25.8 Å². The third kappa shape index (κ3) is 9.73. The average Bonchev–Trinajstić information content (AvgIpc) is 2.47. The largest absolute Gasteiger partial charge is 0.497 e. The van der Waals surface area contributed by atoms with Gasteiger partial charge in [0.25, 0.3) is 10.1 Å². The quantitative estimate of drug-likeness (QED) is 0.402. The van der Waals surface area contributed by atoms with Gasteiger partial charge in [-0.3, -0.25) is 4.55 Å². The van der Waals surface area contributed by atoms with Gasteiger partial charge in [-0.05, 0) is 48.3 Å². The van der Waals surface area contributed by atoms with Crippen molar-refractivity contribution in [3.63, 3.8) is 0 Å². The highest BCUT2D eigenvalue weighted by atomic mass is 32.2. The second-order valence-electron chi connectivity index (χ2n) is 7.32. The van der Waals surface area contributed by atoms with Gasteiger partial charge in [0.1, 0.15) is 5.75 Å². The molecule has 0 spiro atoms. The van der Waals surface area contributed by atoms with Crippen LogP contribution in [0.3, 0.4) is 0 Å². The van der Waals surface area contributed by atoms with Gasteiger partial charge in [0, 0.05) is 0 Å². The van der Waals surface area contributed by atoms with Crippen molar-refractivity contribution in [3.05, 3.63) is 42.0 Å². The second kappa shape index (κ2) is 9.23. The minimum atomic E-state index is -3.86. The Morgan fingerprint density at radius 2 is 1.79 bits per heavy atom. The summed E-state index contributed by atoms with van der Waals surface area (Å²) < 4.78 is 35.6. The first-order valence-electron chi connectivity index (χ1n) is 8.36. The lowest BCUT2D eigenvalue weighted by Gasteiger charge is -2.17. The molecule has 0 amide bonds. The number of benzene rings is 1. The van der Waals surface area contributed by atoms with Gasteiger partial charge in [0.05, 0.1) is 12.9 Å². The third-order valence-electron chi connectivity index (χ3n) is 3.75. The van der Waals surface area contributed by atoms with Crippen molar-refractivity contribution in [2.24, 2.45) is 11.3 Å². The second-order valence-corrected chi connectivity index (χ2v) is 8.89. The fourth-order valence-corrected chi connectivity index (χ4v) is 3.02. The van der Waals surface area contributed by atoms with Crippen molar-refractivity contribution in [1.82, 2.24) is 0 Å². The van der Waals surface area contributed by atoms with Crippen LogP contribution in [0.5, 0.6) is 5.75 Å². The Balaban J connectivity index is 2.67. The SMILES string of the molecule is COc1ccc(C[C@H](/C=C/C(C)(C)C)CCCCS(=O)(=O)O)cc1. The highest BCUT2D eigenvalue weighted by Gasteiger charge is 2.11. The molecule has 1 atom stereocenters. The van der Waals surface area contributed by atoms with Crippen molar-refractivity contribution >= 4 is 10.1 Å². The molecule has 1 rings (SSSR count). The lowest BCUT2D eigenvalue weighted by molar-refractivity contribution is 0.414. The van der Waals surface area contributed by atoms with Gasteiger partial charge in [-0.1, -0.05) is 51.5 Å². The molecular formula is C19H30O4S. The molecule has 0 aliphatic rings. The van der Waals surface area contributed by atoms with Crippen LogP contribution in [0.25, 0.3) is 0 Å². The summed E-state index contributed by atoms with van der Waals surface area (Å²) in [6.07, 6.45) is 7.51. The molecular weight excluding hydrogens is 324 g/mol. The van der Waals surface area contributed by atoms with Gasteiger partial charge in [-0.25, -0.2) is 0 Å². The molecule has 24 heavy (non-hydrogen) atoms. The van der Waals surface area contributed by atoms with Crippen LogP contribution >= 0.6 is 0 Å². The summed E-state index contributed by atoms with van der Waals surface area (Å²) in [6.45, 7) is 6.48. The Morgan fingerprint density at radius 3 is 2.29 bits per heavy atom. The molecule has 0 aromatic heterocycles. The first-order valence-corrected chi connectivity index (χ1v) is 9.97. The first-order chi connectivity index (χ1) is 11.1. The fourth-order valence-electron chi connectivity index (χ4n) is 2.45. The minimum Gasteiger partial charge on any atom is -0.497 e. The Labute approximate surface area is 146 Å². The van der Waals surface area contributed by atoms with Crippen LogP contribution < -0.4 is 4.74 Å². The molecule has 0 aliphatic heterocycles. The number of ether oxygens (including phenoxy) is 1. The smallest absolute Gasteiger partial charge is 0.264 e. The first kappa shape index (κ1) is 20.7. The van der Waals surface area contributed by atoms with E-state index in [2.05, 4.69) is 45.1 Å². The zero-order chi connectivity index (χ0) is 18.2. The van der Waals surface area contributed by atoms with E-state index in [1.807, 2.05) is 12.1 Å². The van der Waals surface area contributed by atoms with Gasteiger partial charge in [-0.2, -0.15) is 8.42 Å². The van der Waals surface area contributed by atoms with Crippen LogP contribution in [0.15, 0.2) is 36.4 Å². The fraction of sp³-hybridized carbons (Fsp3) is 0.579. The van der Waals surface area contributed by atoms with E-state index in [0.717, 1.165) is 25.0 Å². The summed E-state index contributed by atoms with van der Waals surface area (Å²) >= 11 is 0. The zero-order valence-electron chi connectivity index (χ0n) is 15.2. The van der Waals surface area contributed by atoms with Gasteiger partial charge in [0.2, 0.25) is 0 Å². The Kier molecular flexibility index (Phi) is 7.97. The van der Waals surface area contributed by atoms with E-state index in [9.17, 15) is 8.42 Å². The molecule has 0 fully saturated rings. The molecule has 4 nitrogen and oxygen atoms in total. The normalized spacial score (nSPS) is 14.0. The van der Waals surface area contributed by atoms with Crippen molar-refractivity contribution in [3.8, 4) is 5.75 Å². The summed E-state index contributed by atoms with van der Waals surface area (Å²) in [5, 5.41) is 0. The van der Waals surface area contributed by atoms with E-state index in [0.29, 0.717) is 12.3 Å². The van der Waals surface area contributed by atoms with Crippen LogP contribution in [0.2, 0.25) is 0 Å². The number of methoxy groups -OCH3 is 1. The molecule has 0 aliphatic carbocycles. The van der Waals surface area contributed by atoms with Gasteiger partial charge >= 0.3 is 0 Å². The topological polar surface area (TPSA) is 63.6 Å². The molecule has 0 unspecified atom stereocenters. The number of rotatable bonds is 9. The highest BCUT2D eigenvalue weighted by molar-refractivity contribution is 7.85. The van der Waals surface area contributed by atoms with E-state index < -0.39 is 10.1 Å². The molecule has 0 bridgehead atoms. The summed E-state index contributed by atoms with van der Waals surface area (Å²) in [5.74, 6) is 1.03. The number of allylic oxidation sites excluding steroid dienone is 2. The van der Waals surface area contributed by atoms with E-state index in [-0.39, 0.29) is 11.2 Å². The maximum absolute atomic E-state index is 10.8. The van der Waals surface area contributed by atoms with Gasteiger partial charge in [0.15, 0.2) is 0 Å². The Bertz CT molecular complexity index is 610. The average molecular weight is 355 g/mol. The van der Waals surface area contributed by atoms with Gasteiger partial charge < -0.3 is 4.74 Å². The molecule has 0 saturated carbocycles. The minimum absolute atomic E-state index is 0.118. The van der Waals surface area contributed by atoms with Crippen molar-refractivity contribution < 1.29 is 17.7 Å². The van der Waals surface area contributed by atoms with Crippen LogP contribution in [0.1, 0.15) is 45.6 Å². The Morgan fingerprint density at radius 1 is 1.17 bits per heavy atom. The monoisotopic (exact) mass is 354 g/mol. The summed E-state index contributed by atoms with van der Waals surface area (Å²) in [4.78, 5) is 0. The Hall–Kier alpha value is -1.33. The van der Waals surface area contributed by atoms with Crippen LogP contribution in [0, 0.1) is 11.3 Å². The predicted molar refractivity (Wildman–Crippen MR) is 99.0 cm³/mol. The zero-order valence-corrected chi connectivity index (χ0v) is 16.0.